The molecule has 0 saturated carbocycles. The molecule has 1 saturated heterocycles. The second-order valence-electron chi connectivity index (χ2n) is 5.36. The van der Waals surface area contributed by atoms with Gasteiger partial charge in [0.2, 0.25) is 0 Å². The number of ether oxygens (including phenoxy) is 2. The van der Waals surface area contributed by atoms with Gasteiger partial charge in [-0.3, -0.25) is 14.4 Å². The Morgan fingerprint density at radius 1 is 1.04 bits per heavy atom. The van der Waals surface area contributed by atoms with Crippen LogP contribution in [-0.4, -0.2) is 92.3 Å². The molecule has 138 valence electrons. The molecule has 1 heterocycles. The lowest BCUT2D eigenvalue weighted by atomic mass is 9.91. The first kappa shape index (κ1) is 20.4. The van der Waals surface area contributed by atoms with Crippen LogP contribution >= 0.6 is 0 Å². The predicted molar refractivity (Wildman–Crippen MR) is 72.7 cm³/mol. The fourth-order valence-electron chi connectivity index (χ4n) is 2.30. The zero-order valence-electron chi connectivity index (χ0n) is 12.7. The Balaban J connectivity index is 2.73. The summed E-state index contributed by atoms with van der Waals surface area (Å²) in [5.41, 5.74) is 0. The number of carboxylic acid groups (broad SMARTS) is 2. The van der Waals surface area contributed by atoms with Crippen molar-refractivity contribution in [3.05, 3.63) is 0 Å². The molecule has 11 heteroatoms. The van der Waals surface area contributed by atoms with E-state index in [1.54, 1.807) is 0 Å². The van der Waals surface area contributed by atoms with Crippen LogP contribution in [0.3, 0.4) is 0 Å². The molecule has 1 aliphatic rings. The molecule has 1 rings (SSSR count). The van der Waals surface area contributed by atoms with Crippen molar-refractivity contribution in [3.8, 4) is 0 Å². The molecule has 0 aromatic rings. The van der Waals surface area contributed by atoms with Crippen LogP contribution in [0.1, 0.15) is 12.8 Å². The summed E-state index contributed by atoms with van der Waals surface area (Å²) < 4.78 is 9.75. The highest BCUT2D eigenvalue weighted by molar-refractivity contribution is 5.93. The molecular formula is C13H20O11. The molecule has 0 aromatic heterocycles. The van der Waals surface area contributed by atoms with E-state index in [4.69, 9.17) is 19.7 Å². The Hall–Kier alpha value is -1.63. The Labute approximate surface area is 136 Å². The van der Waals surface area contributed by atoms with Gasteiger partial charge in [-0.05, 0) is 6.42 Å². The lowest BCUT2D eigenvalue weighted by molar-refractivity contribution is -0.301. The summed E-state index contributed by atoms with van der Waals surface area (Å²) in [6, 6.07) is 0. The number of rotatable bonds is 8. The van der Waals surface area contributed by atoms with Crippen LogP contribution in [0.25, 0.3) is 0 Å². The van der Waals surface area contributed by atoms with E-state index in [-0.39, 0.29) is 0 Å². The van der Waals surface area contributed by atoms with E-state index >= 15 is 0 Å². The molecule has 0 spiro atoms. The number of methoxy groups -OCH3 is 1. The first-order valence-corrected chi connectivity index (χ1v) is 7.00. The largest absolute Gasteiger partial charge is 0.481 e. The Morgan fingerprint density at radius 2 is 1.58 bits per heavy atom. The lowest BCUT2D eigenvalue weighted by Gasteiger charge is -2.41. The molecule has 1 fully saturated rings. The second kappa shape index (κ2) is 8.46. The molecule has 0 bridgehead atoms. The molecule has 0 amide bonds. The summed E-state index contributed by atoms with van der Waals surface area (Å²) in [7, 11) is 1.13. The summed E-state index contributed by atoms with van der Waals surface area (Å²) in [6.45, 7) is 0. The quantitative estimate of drug-likeness (QED) is 0.243. The fourth-order valence-corrected chi connectivity index (χ4v) is 2.30. The van der Waals surface area contributed by atoms with Crippen LogP contribution in [0.2, 0.25) is 0 Å². The summed E-state index contributed by atoms with van der Waals surface area (Å²) in [5, 5.41) is 56.4. The maximum absolute atomic E-state index is 11.9. The number of hydrogen-bond acceptors (Lipinski definition) is 9. The summed E-state index contributed by atoms with van der Waals surface area (Å²) in [4.78, 5) is 33.4. The maximum atomic E-state index is 11.9. The van der Waals surface area contributed by atoms with Crippen molar-refractivity contribution in [2.24, 2.45) is 5.92 Å². The number of Topliss-reactive ketones (excluding diaryl/α,β-unsaturated/α-hetero) is 1. The predicted octanol–water partition coefficient (Wildman–Crippen LogP) is -3.06. The summed E-state index contributed by atoms with van der Waals surface area (Å²) in [5.74, 6) is -6.06. The minimum atomic E-state index is -1.97. The third-order valence-corrected chi connectivity index (χ3v) is 3.76. The van der Waals surface area contributed by atoms with Crippen LogP contribution in [0.4, 0.5) is 0 Å². The van der Waals surface area contributed by atoms with Gasteiger partial charge in [0.25, 0.3) is 0 Å². The number of ketones is 1. The third-order valence-electron chi connectivity index (χ3n) is 3.76. The van der Waals surface area contributed by atoms with Gasteiger partial charge in [0.1, 0.15) is 30.5 Å². The number of aliphatic hydroxyl groups excluding tert-OH is 4. The molecule has 11 nitrogen and oxygen atoms in total. The number of aliphatic carboxylic acids is 2. The van der Waals surface area contributed by atoms with Gasteiger partial charge in [0.05, 0.1) is 0 Å². The molecule has 24 heavy (non-hydrogen) atoms. The minimum Gasteiger partial charge on any atom is -0.481 e. The monoisotopic (exact) mass is 352 g/mol. The van der Waals surface area contributed by atoms with E-state index in [2.05, 4.69) is 0 Å². The van der Waals surface area contributed by atoms with Crippen molar-refractivity contribution in [2.45, 2.75) is 49.7 Å². The first-order chi connectivity index (χ1) is 11.1. The number of carbonyl (C=O) groups excluding carboxylic acids is 1. The van der Waals surface area contributed by atoms with E-state index < -0.39 is 73.3 Å². The smallest absolute Gasteiger partial charge is 0.317 e. The van der Waals surface area contributed by atoms with Gasteiger partial charge in [-0.1, -0.05) is 0 Å². The van der Waals surface area contributed by atoms with Gasteiger partial charge in [-0.25, -0.2) is 0 Å². The molecule has 1 unspecified atom stereocenters. The highest BCUT2D eigenvalue weighted by Gasteiger charge is 2.48. The zero-order valence-corrected chi connectivity index (χ0v) is 12.7. The van der Waals surface area contributed by atoms with E-state index in [1.165, 1.54) is 0 Å². The van der Waals surface area contributed by atoms with Crippen molar-refractivity contribution in [1.29, 1.82) is 0 Å². The zero-order chi connectivity index (χ0) is 18.6. The first-order valence-electron chi connectivity index (χ1n) is 7.00. The highest BCUT2D eigenvalue weighted by Crippen LogP contribution is 2.25. The van der Waals surface area contributed by atoms with Crippen LogP contribution in [-0.2, 0) is 23.9 Å². The van der Waals surface area contributed by atoms with Gasteiger partial charge in [-0.2, -0.15) is 0 Å². The SMILES string of the molecule is CO[C@H]1O[C@H](C(O)C(=O)CCC(C(=O)O)C(=O)O)[C@@H](O)[C@H](O)[C@@H]1O. The average Bonchev–Trinajstić information content (AvgIpc) is 2.51. The van der Waals surface area contributed by atoms with Crippen molar-refractivity contribution in [3.63, 3.8) is 0 Å². The minimum absolute atomic E-state index is 0.567. The topological polar surface area (TPSA) is 191 Å². The van der Waals surface area contributed by atoms with E-state index in [1.807, 2.05) is 0 Å². The van der Waals surface area contributed by atoms with Crippen molar-refractivity contribution in [2.75, 3.05) is 7.11 Å². The molecule has 6 atom stereocenters. The van der Waals surface area contributed by atoms with Crippen molar-refractivity contribution < 1.29 is 54.5 Å². The van der Waals surface area contributed by atoms with Crippen molar-refractivity contribution in [1.82, 2.24) is 0 Å². The summed E-state index contributed by atoms with van der Waals surface area (Å²) >= 11 is 0. The van der Waals surface area contributed by atoms with Crippen LogP contribution < -0.4 is 0 Å². The van der Waals surface area contributed by atoms with Gasteiger partial charge >= 0.3 is 11.9 Å². The van der Waals surface area contributed by atoms with Crippen LogP contribution in [0.5, 0.6) is 0 Å². The third kappa shape index (κ3) is 4.47. The Bertz CT molecular complexity index is 463. The van der Waals surface area contributed by atoms with E-state index in [9.17, 15) is 34.8 Å². The Morgan fingerprint density at radius 3 is 2.04 bits per heavy atom. The second-order valence-corrected chi connectivity index (χ2v) is 5.36. The van der Waals surface area contributed by atoms with Gasteiger partial charge in [0, 0.05) is 13.5 Å². The van der Waals surface area contributed by atoms with Crippen molar-refractivity contribution >= 4 is 17.7 Å². The molecule has 0 radical (unpaired) electrons. The molecular weight excluding hydrogens is 332 g/mol. The Kier molecular flexibility index (Phi) is 7.20. The van der Waals surface area contributed by atoms with Crippen LogP contribution in [0, 0.1) is 5.92 Å². The van der Waals surface area contributed by atoms with Gasteiger partial charge < -0.3 is 40.1 Å². The summed E-state index contributed by atoms with van der Waals surface area (Å²) in [6.07, 6.45) is -11.3. The van der Waals surface area contributed by atoms with E-state index in [0.717, 1.165) is 7.11 Å². The number of aliphatic hydroxyl groups is 4. The highest BCUT2D eigenvalue weighted by atomic mass is 16.7. The number of carboxylic acids is 2. The van der Waals surface area contributed by atoms with Gasteiger partial charge in [-0.15, -0.1) is 0 Å². The molecule has 1 aliphatic heterocycles. The number of carbonyl (C=O) groups is 3. The molecule has 6 N–H and O–H groups in total. The average molecular weight is 352 g/mol. The molecule has 0 aliphatic carbocycles. The normalized spacial score (nSPS) is 31.7. The molecule has 0 aromatic carbocycles. The van der Waals surface area contributed by atoms with Crippen LogP contribution in [0.15, 0.2) is 0 Å². The lowest BCUT2D eigenvalue weighted by Crippen LogP contribution is -2.62. The number of hydrogen-bond donors (Lipinski definition) is 6. The maximum Gasteiger partial charge on any atom is 0.317 e. The van der Waals surface area contributed by atoms with Gasteiger partial charge in [0.15, 0.2) is 18.0 Å². The standard InChI is InChI=1S/C13H20O11/c1-23-13-9(18)7(16)8(17)10(24-13)6(15)5(14)3-2-4(11(19)20)12(21)22/h4,6-10,13,15-18H,2-3H2,1H3,(H,19,20)(H,21,22)/t6?,7-,8-,9-,10+,13-/m0/s1. The fraction of sp³-hybridized carbons (Fsp3) is 0.769. The van der Waals surface area contributed by atoms with E-state index in [0.29, 0.717) is 0 Å².